The van der Waals surface area contributed by atoms with Crippen molar-refractivity contribution in [1.82, 2.24) is 0 Å². The molecule has 1 aromatic rings. The molecule has 0 bridgehead atoms. The van der Waals surface area contributed by atoms with Gasteiger partial charge in [0.15, 0.2) is 11.6 Å². The molecule has 0 aliphatic carbocycles. The largest absolute Gasteiger partial charge is 0.489 e. The highest BCUT2D eigenvalue weighted by Crippen LogP contribution is 2.27. The molecule has 0 spiro atoms. The Bertz CT molecular complexity index is 445. The summed E-state index contributed by atoms with van der Waals surface area (Å²) in [5.74, 6) is -4.34. The molecule has 0 saturated carbocycles. The van der Waals surface area contributed by atoms with Crippen LogP contribution in [-0.2, 0) is 0 Å². The Kier molecular flexibility index (Phi) is 4.15. The van der Waals surface area contributed by atoms with Gasteiger partial charge in [-0.05, 0) is 24.6 Å². The number of nitrogens with one attached hydrogen (secondary N) is 1. The molecule has 100 valence electrons. The van der Waals surface area contributed by atoms with Crippen LogP contribution in [0.1, 0.15) is 5.56 Å². The van der Waals surface area contributed by atoms with Crippen molar-refractivity contribution in [2.45, 2.75) is 13.1 Å². The summed E-state index contributed by atoms with van der Waals surface area (Å²) >= 11 is 0. The quantitative estimate of drug-likeness (QED) is 0.499. The Morgan fingerprint density at radius 1 is 1.44 bits per heavy atom. The van der Waals surface area contributed by atoms with Gasteiger partial charge in [0.1, 0.15) is 18.4 Å². The van der Waals surface area contributed by atoms with E-state index in [1.54, 1.807) is 6.92 Å². The van der Waals surface area contributed by atoms with Crippen LogP contribution >= 0.6 is 0 Å². The van der Waals surface area contributed by atoms with Crippen LogP contribution in [0.5, 0.6) is 5.75 Å². The van der Waals surface area contributed by atoms with Gasteiger partial charge in [0.25, 0.3) is 0 Å². The fourth-order valence-corrected chi connectivity index (χ4v) is 1.25. The first-order valence-corrected chi connectivity index (χ1v) is 5.01. The molecule has 1 rings (SSSR count). The summed E-state index contributed by atoms with van der Waals surface area (Å²) in [6.07, 6.45) is -4.69. The van der Waals surface area contributed by atoms with Crippen molar-refractivity contribution in [3.8, 4) is 5.75 Å². The maximum atomic E-state index is 13.2. The fourth-order valence-electron chi connectivity index (χ4n) is 1.25. The van der Waals surface area contributed by atoms with Crippen molar-refractivity contribution < 1.29 is 22.3 Å². The molecule has 7 heteroatoms. The van der Waals surface area contributed by atoms with Crippen molar-refractivity contribution in [3.05, 3.63) is 29.6 Å². The third-order valence-corrected chi connectivity index (χ3v) is 2.26. The summed E-state index contributed by atoms with van der Waals surface area (Å²) in [5.41, 5.74) is 5.50. The highest BCUT2D eigenvalue weighted by molar-refractivity contribution is 5.80. The van der Waals surface area contributed by atoms with E-state index in [2.05, 4.69) is 0 Å². The van der Waals surface area contributed by atoms with Gasteiger partial charge in [0, 0.05) is 0 Å². The smallest absolute Gasteiger partial charge is 0.401 e. The summed E-state index contributed by atoms with van der Waals surface area (Å²) in [6, 6.07) is 3.85. The zero-order valence-corrected chi connectivity index (χ0v) is 9.51. The molecule has 3 nitrogen and oxygen atoms in total. The molecule has 0 aliphatic heterocycles. The van der Waals surface area contributed by atoms with E-state index in [1.165, 1.54) is 12.1 Å². The lowest BCUT2D eigenvalue weighted by molar-refractivity contribution is -0.162. The predicted molar refractivity (Wildman–Crippen MR) is 58.1 cm³/mol. The minimum Gasteiger partial charge on any atom is -0.489 e. The summed E-state index contributed by atoms with van der Waals surface area (Å²) < 4.78 is 55.4. The zero-order valence-electron chi connectivity index (χ0n) is 9.51. The molecule has 1 aromatic carbocycles. The summed E-state index contributed by atoms with van der Waals surface area (Å²) in [5, 5.41) is 6.85. The van der Waals surface area contributed by atoms with Gasteiger partial charge >= 0.3 is 6.18 Å². The molecule has 0 aliphatic rings. The molecule has 0 amide bonds. The minimum absolute atomic E-state index is 0.287. The lowest BCUT2D eigenvalue weighted by atomic mass is 10.1. The molecule has 0 fully saturated rings. The molecule has 0 aromatic heterocycles. The third kappa shape index (κ3) is 3.61. The minimum atomic E-state index is -4.69. The summed E-state index contributed by atoms with van der Waals surface area (Å²) in [7, 11) is 0. The number of ether oxygens (including phenoxy) is 1. The van der Waals surface area contributed by atoms with Crippen LogP contribution in [-0.4, -0.2) is 18.6 Å². The number of benzene rings is 1. The van der Waals surface area contributed by atoms with Gasteiger partial charge < -0.3 is 10.5 Å². The average Bonchev–Trinajstić information content (AvgIpc) is 2.20. The van der Waals surface area contributed by atoms with Gasteiger partial charge in [0.05, 0.1) is 0 Å². The third-order valence-electron chi connectivity index (χ3n) is 2.26. The van der Waals surface area contributed by atoms with Gasteiger partial charge in [-0.15, -0.1) is 0 Å². The second kappa shape index (κ2) is 5.24. The average molecular weight is 264 g/mol. The maximum Gasteiger partial charge on any atom is 0.401 e. The van der Waals surface area contributed by atoms with E-state index in [0.29, 0.717) is 5.56 Å². The number of alkyl halides is 3. The van der Waals surface area contributed by atoms with Crippen molar-refractivity contribution in [2.24, 2.45) is 11.7 Å². The van der Waals surface area contributed by atoms with Crippen LogP contribution in [0.25, 0.3) is 0 Å². The van der Waals surface area contributed by atoms with Crippen molar-refractivity contribution >= 4 is 5.84 Å². The van der Waals surface area contributed by atoms with E-state index >= 15 is 0 Å². The second-order valence-corrected chi connectivity index (χ2v) is 3.79. The van der Waals surface area contributed by atoms with Gasteiger partial charge in [0.2, 0.25) is 0 Å². The van der Waals surface area contributed by atoms with E-state index in [0.717, 1.165) is 6.07 Å². The van der Waals surface area contributed by atoms with Gasteiger partial charge in [-0.2, -0.15) is 13.2 Å². The van der Waals surface area contributed by atoms with Gasteiger partial charge in [-0.25, -0.2) is 4.39 Å². The SMILES string of the molecule is Cc1ccc(F)c(OCC(C(=N)N)C(F)(F)F)c1. The number of rotatable bonds is 4. The Balaban J connectivity index is 2.79. The summed E-state index contributed by atoms with van der Waals surface area (Å²) in [4.78, 5) is 0. The zero-order chi connectivity index (χ0) is 13.9. The normalized spacial score (nSPS) is 13.2. The maximum absolute atomic E-state index is 13.2. The first kappa shape index (κ1) is 14.3. The molecule has 0 saturated heterocycles. The topological polar surface area (TPSA) is 59.1 Å². The predicted octanol–water partition coefficient (Wildman–Crippen LogP) is 2.63. The Hall–Kier alpha value is -1.79. The van der Waals surface area contributed by atoms with Crippen molar-refractivity contribution in [3.63, 3.8) is 0 Å². The fraction of sp³-hybridized carbons (Fsp3) is 0.364. The van der Waals surface area contributed by atoms with E-state index in [-0.39, 0.29) is 5.75 Å². The van der Waals surface area contributed by atoms with Crippen LogP contribution in [0.15, 0.2) is 18.2 Å². The van der Waals surface area contributed by atoms with E-state index in [9.17, 15) is 17.6 Å². The molecular weight excluding hydrogens is 252 g/mol. The molecule has 18 heavy (non-hydrogen) atoms. The second-order valence-electron chi connectivity index (χ2n) is 3.79. The monoisotopic (exact) mass is 264 g/mol. The molecule has 1 atom stereocenters. The first-order chi connectivity index (χ1) is 8.21. The van der Waals surface area contributed by atoms with Crippen LogP contribution in [0.2, 0.25) is 0 Å². The van der Waals surface area contributed by atoms with Gasteiger partial charge in [-0.3, -0.25) is 5.41 Å². The summed E-state index contributed by atoms with van der Waals surface area (Å²) in [6.45, 7) is 0.734. The molecular formula is C11H12F4N2O. The number of halogens is 4. The molecule has 0 heterocycles. The van der Waals surface area contributed by atoms with Crippen LogP contribution in [0.3, 0.4) is 0 Å². The lowest BCUT2D eigenvalue weighted by Crippen LogP contribution is -2.39. The standard InChI is InChI=1S/C11H12F4N2O/c1-6-2-3-8(12)9(4-6)18-5-7(10(16)17)11(13,14)15/h2-4,7H,5H2,1H3,(H3,16,17). The van der Waals surface area contributed by atoms with Crippen molar-refractivity contribution in [1.29, 1.82) is 5.41 Å². The lowest BCUT2D eigenvalue weighted by Gasteiger charge is -2.19. The Morgan fingerprint density at radius 2 is 2.06 bits per heavy atom. The van der Waals surface area contributed by atoms with E-state index < -0.39 is 30.4 Å². The van der Waals surface area contributed by atoms with Gasteiger partial charge in [-0.1, -0.05) is 6.07 Å². The first-order valence-electron chi connectivity index (χ1n) is 5.01. The molecule has 0 radical (unpaired) electrons. The van der Waals surface area contributed by atoms with Crippen molar-refractivity contribution in [2.75, 3.05) is 6.61 Å². The number of hydrogen-bond acceptors (Lipinski definition) is 2. The van der Waals surface area contributed by atoms with Crippen LogP contribution in [0.4, 0.5) is 17.6 Å². The number of nitrogens with two attached hydrogens (primary N) is 1. The van der Waals surface area contributed by atoms with E-state index in [4.69, 9.17) is 15.9 Å². The number of hydrogen-bond donors (Lipinski definition) is 2. The Labute approximate surface area is 101 Å². The number of amidine groups is 1. The molecule has 1 unspecified atom stereocenters. The molecule has 3 N–H and O–H groups in total. The van der Waals surface area contributed by atoms with Crippen LogP contribution in [0, 0.1) is 24.1 Å². The van der Waals surface area contributed by atoms with E-state index in [1.807, 2.05) is 0 Å². The highest BCUT2D eigenvalue weighted by atomic mass is 19.4. The van der Waals surface area contributed by atoms with Crippen LogP contribution < -0.4 is 10.5 Å². The highest BCUT2D eigenvalue weighted by Gasteiger charge is 2.42. The number of aryl methyl sites for hydroxylation is 1. The Morgan fingerprint density at radius 3 is 2.56 bits per heavy atom.